The predicted molar refractivity (Wildman–Crippen MR) is 79.4 cm³/mol. The van der Waals surface area contributed by atoms with Gasteiger partial charge in [-0.05, 0) is 19.4 Å². The van der Waals surface area contributed by atoms with E-state index in [-0.39, 0.29) is 25.7 Å². The fourth-order valence-corrected chi connectivity index (χ4v) is 5.36. The average Bonchev–Trinajstić information content (AvgIpc) is 3.03. The summed E-state index contributed by atoms with van der Waals surface area (Å²) in [6.45, 7) is 4.80. The van der Waals surface area contributed by atoms with E-state index in [4.69, 9.17) is 18.4 Å². The molecular weight excluding hydrogens is 342 g/mol. The first-order valence-corrected chi connectivity index (χ1v) is 9.02. The Morgan fingerprint density at radius 3 is 2.92 bits per heavy atom. The number of fused-ring (bicyclic) bond motifs is 1. The highest BCUT2D eigenvalue weighted by Crippen LogP contribution is 2.54. The maximum Gasteiger partial charge on any atom is 0.332 e. The minimum absolute atomic E-state index is 0.000462. The largest absolute Gasteiger partial charge is 0.462 e. The van der Waals surface area contributed by atoms with Gasteiger partial charge in [-0.2, -0.15) is 8.42 Å². The summed E-state index contributed by atoms with van der Waals surface area (Å²) >= 11 is 0. The summed E-state index contributed by atoms with van der Waals surface area (Å²) in [5.41, 5.74) is -0.924. The van der Waals surface area contributed by atoms with Crippen LogP contribution in [-0.4, -0.2) is 69.2 Å². The van der Waals surface area contributed by atoms with Crippen LogP contribution in [-0.2, 0) is 38.1 Å². The molecule has 0 spiro atoms. The molecule has 3 saturated heterocycles. The summed E-state index contributed by atoms with van der Waals surface area (Å²) in [5, 5.41) is 1.78. The molecule has 0 aliphatic carbocycles. The molecule has 1 N–H and O–H groups in total. The Bertz CT molecular complexity index is 662. The Labute approximate surface area is 139 Å². The van der Waals surface area contributed by atoms with Crippen molar-refractivity contribution >= 4 is 22.0 Å². The highest BCUT2D eigenvalue weighted by Gasteiger charge is 2.73. The zero-order valence-electron chi connectivity index (χ0n) is 13.1. The molecular formula is C14H19NO8S. The van der Waals surface area contributed by atoms with Crippen molar-refractivity contribution in [1.29, 1.82) is 0 Å². The van der Waals surface area contributed by atoms with Crippen molar-refractivity contribution in [3.8, 4) is 0 Å². The van der Waals surface area contributed by atoms with Gasteiger partial charge < -0.3 is 19.5 Å². The second-order valence-corrected chi connectivity index (χ2v) is 7.81. The van der Waals surface area contributed by atoms with Gasteiger partial charge in [0, 0.05) is 0 Å². The van der Waals surface area contributed by atoms with E-state index in [0.29, 0.717) is 6.42 Å². The van der Waals surface area contributed by atoms with Crippen molar-refractivity contribution in [2.24, 2.45) is 0 Å². The van der Waals surface area contributed by atoms with E-state index in [1.807, 2.05) is 0 Å². The van der Waals surface area contributed by atoms with Crippen LogP contribution in [0, 0.1) is 0 Å². The maximum absolute atomic E-state index is 11.9. The van der Waals surface area contributed by atoms with E-state index in [2.05, 4.69) is 11.9 Å². The van der Waals surface area contributed by atoms with Crippen molar-refractivity contribution in [1.82, 2.24) is 5.32 Å². The van der Waals surface area contributed by atoms with E-state index < -0.39 is 45.3 Å². The highest BCUT2D eigenvalue weighted by atomic mass is 32.2. The molecule has 3 heterocycles. The van der Waals surface area contributed by atoms with Gasteiger partial charge in [0.05, 0.1) is 12.6 Å². The van der Waals surface area contributed by atoms with Crippen LogP contribution in [0.2, 0.25) is 0 Å². The van der Waals surface area contributed by atoms with Crippen LogP contribution in [0.5, 0.6) is 0 Å². The number of esters is 1. The number of hydrogen-bond donors (Lipinski definition) is 1. The minimum atomic E-state index is -3.66. The summed E-state index contributed by atoms with van der Waals surface area (Å²) in [5.74, 6) is -0.975. The van der Waals surface area contributed by atoms with Crippen molar-refractivity contribution in [3.05, 3.63) is 12.7 Å². The lowest BCUT2D eigenvalue weighted by Crippen LogP contribution is -2.48. The molecule has 5 unspecified atom stereocenters. The minimum Gasteiger partial charge on any atom is -0.462 e. The van der Waals surface area contributed by atoms with Crippen LogP contribution in [0.25, 0.3) is 0 Å². The molecule has 134 valence electrons. The number of carbonyl (C=O) groups is 2. The van der Waals surface area contributed by atoms with Crippen LogP contribution in [0.15, 0.2) is 12.7 Å². The molecule has 0 aromatic carbocycles. The van der Waals surface area contributed by atoms with Gasteiger partial charge in [0.25, 0.3) is 10.1 Å². The van der Waals surface area contributed by atoms with E-state index >= 15 is 0 Å². The van der Waals surface area contributed by atoms with Crippen molar-refractivity contribution in [3.63, 3.8) is 0 Å². The lowest BCUT2D eigenvalue weighted by atomic mass is 9.85. The van der Waals surface area contributed by atoms with Gasteiger partial charge in [0.15, 0.2) is 0 Å². The van der Waals surface area contributed by atoms with Crippen LogP contribution >= 0.6 is 0 Å². The van der Waals surface area contributed by atoms with E-state index in [1.165, 1.54) is 0 Å². The van der Waals surface area contributed by atoms with Gasteiger partial charge >= 0.3 is 5.97 Å². The standard InChI is InChI=1S/C14H19NO8S/c1-3-10(16)15-4-5-20-11(17)7-21-12-8-6-9-14(2,22-8)13(12)23-24(9,18)19/h3,8-9,12-13H,1,4-7H2,2H3,(H,15,16). The molecule has 10 heteroatoms. The molecule has 9 nitrogen and oxygen atoms in total. The first kappa shape index (κ1) is 17.3. The monoisotopic (exact) mass is 361 g/mol. The van der Waals surface area contributed by atoms with Crippen molar-refractivity contribution in [2.75, 3.05) is 19.8 Å². The summed E-state index contributed by atoms with van der Waals surface area (Å²) < 4.78 is 45.1. The van der Waals surface area contributed by atoms with Crippen LogP contribution in [0.1, 0.15) is 13.3 Å². The number of amides is 1. The summed E-state index contributed by atoms with van der Waals surface area (Å²) in [4.78, 5) is 22.6. The molecule has 0 radical (unpaired) electrons. The number of ether oxygens (including phenoxy) is 3. The van der Waals surface area contributed by atoms with Crippen molar-refractivity contribution in [2.45, 2.75) is 42.5 Å². The van der Waals surface area contributed by atoms with Crippen LogP contribution in [0.4, 0.5) is 0 Å². The zero-order chi connectivity index (χ0) is 17.5. The SMILES string of the molecule is C=CC(=O)NCCOC(=O)COC1C2CC3C(C)(O2)C1OS3(=O)=O. The van der Waals surface area contributed by atoms with Gasteiger partial charge in [-0.25, -0.2) is 4.79 Å². The quantitative estimate of drug-likeness (QED) is 0.262. The van der Waals surface area contributed by atoms with Gasteiger partial charge in [-0.1, -0.05) is 6.58 Å². The van der Waals surface area contributed by atoms with Crippen LogP contribution in [0.3, 0.4) is 0 Å². The molecule has 24 heavy (non-hydrogen) atoms. The molecule has 5 atom stereocenters. The Hall–Kier alpha value is -1.49. The van der Waals surface area contributed by atoms with Gasteiger partial charge in [0.1, 0.15) is 36.3 Å². The summed E-state index contributed by atoms with van der Waals surface area (Å²) in [6, 6.07) is 0. The molecule has 3 aliphatic heterocycles. The second kappa shape index (κ2) is 6.10. The fourth-order valence-electron chi connectivity index (χ4n) is 3.45. The third-order valence-electron chi connectivity index (χ3n) is 4.55. The molecule has 3 fully saturated rings. The maximum atomic E-state index is 11.9. The molecule has 0 aromatic heterocycles. The smallest absolute Gasteiger partial charge is 0.332 e. The fraction of sp³-hybridized carbons (Fsp3) is 0.714. The Balaban J connectivity index is 1.46. The lowest BCUT2D eigenvalue weighted by molar-refractivity contribution is -0.153. The molecule has 1 amide bonds. The van der Waals surface area contributed by atoms with E-state index in [9.17, 15) is 18.0 Å². The third-order valence-corrected chi connectivity index (χ3v) is 6.38. The molecule has 0 aromatic rings. The van der Waals surface area contributed by atoms with Gasteiger partial charge in [-0.15, -0.1) is 0 Å². The van der Waals surface area contributed by atoms with E-state index in [0.717, 1.165) is 6.08 Å². The predicted octanol–water partition coefficient (Wildman–Crippen LogP) is -1.12. The van der Waals surface area contributed by atoms with Gasteiger partial charge in [0.2, 0.25) is 5.91 Å². The zero-order valence-corrected chi connectivity index (χ0v) is 13.9. The van der Waals surface area contributed by atoms with E-state index in [1.54, 1.807) is 6.92 Å². The molecule has 2 bridgehead atoms. The Kier molecular flexibility index (Phi) is 4.41. The molecule has 3 rings (SSSR count). The topological polar surface area (TPSA) is 117 Å². The Morgan fingerprint density at radius 1 is 1.46 bits per heavy atom. The normalized spacial score (nSPS) is 38.0. The molecule has 0 saturated carbocycles. The summed E-state index contributed by atoms with van der Waals surface area (Å²) in [6.07, 6.45) is -0.379. The van der Waals surface area contributed by atoms with Crippen LogP contribution < -0.4 is 5.32 Å². The van der Waals surface area contributed by atoms with Crippen molar-refractivity contribution < 1.29 is 36.4 Å². The second-order valence-electron chi connectivity index (χ2n) is 6.07. The molecule has 3 aliphatic rings. The average molecular weight is 361 g/mol. The highest BCUT2D eigenvalue weighted by molar-refractivity contribution is 7.87. The lowest BCUT2D eigenvalue weighted by Gasteiger charge is -2.26. The number of nitrogens with one attached hydrogen (secondary N) is 1. The number of carbonyl (C=O) groups excluding carboxylic acids is 2. The Morgan fingerprint density at radius 2 is 2.21 bits per heavy atom. The third kappa shape index (κ3) is 2.83. The first-order valence-electron chi connectivity index (χ1n) is 7.55. The first-order chi connectivity index (χ1) is 11.3. The number of rotatable bonds is 7. The summed E-state index contributed by atoms with van der Waals surface area (Å²) in [7, 11) is -3.66. The van der Waals surface area contributed by atoms with Gasteiger partial charge in [-0.3, -0.25) is 8.98 Å². The number of hydrogen-bond acceptors (Lipinski definition) is 8.